The smallest absolute Gasteiger partial charge is 0.341 e. The Balaban J connectivity index is 1.84. The van der Waals surface area contributed by atoms with Gasteiger partial charge in [-0.1, -0.05) is 12.1 Å². The van der Waals surface area contributed by atoms with E-state index >= 15 is 4.39 Å². The fourth-order valence-electron chi connectivity index (χ4n) is 3.98. The summed E-state index contributed by atoms with van der Waals surface area (Å²) in [6, 6.07) is 2.90. The molecule has 3 N–H and O–H groups in total. The van der Waals surface area contributed by atoms with Crippen LogP contribution in [0.5, 0.6) is 0 Å². The molecule has 30 heavy (non-hydrogen) atoms. The van der Waals surface area contributed by atoms with Gasteiger partial charge in [-0.05, 0) is 31.9 Å². The summed E-state index contributed by atoms with van der Waals surface area (Å²) in [5.74, 6) is -1.89. The molecule has 0 amide bonds. The molecule has 2 aliphatic rings. The lowest BCUT2D eigenvalue weighted by Crippen LogP contribution is -2.36. The summed E-state index contributed by atoms with van der Waals surface area (Å²) in [7, 11) is 0. The molecule has 1 unspecified atom stereocenters. The topological polar surface area (TPSA) is 110 Å². The Kier molecular flexibility index (Phi) is 5.01. The monoisotopic (exact) mass is 416 g/mol. The maximum Gasteiger partial charge on any atom is 0.341 e. The molecular formula is C21H25FN4O4. The van der Waals surface area contributed by atoms with Crippen LogP contribution in [-0.2, 0) is 4.84 Å². The zero-order valence-electron chi connectivity index (χ0n) is 17.0. The minimum absolute atomic E-state index is 0.0760. The molecule has 9 heteroatoms. The van der Waals surface area contributed by atoms with Crippen LogP contribution >= 0.6 is 0 Å². The molecule has 2 heterocycles. The second-order valence-electron chi connectivity index (χ2n) is 8.21. The third-order valence-corrected chi connectivity index (χ3v) is 5.94. The van der Waals surface area contributed by atoms with Crippen LogP contribution in [-0.4, -0.2) is 47.6 Å². The number of anilines is 1. The summed E-state index contributed by atoms with van der Waals surface area (Å²) >= 11 is 0. The van der Waals surface area contributed by atoms with E-state index in [1.54, 1.807) is 10.6 Å². The van der Waals surface area contributed by atoms with Gasteiger partial charge in [0.15, 0.2) is 0 Å². The Labute approximate surface area is 172 Å². The van der Waals surface area contributed by atoms with Crippen molar-refractivity contribution >= 4 is 28.3 Å². The predicted molar refractivity (Wildman–Crippen MR) is 112 cm³/mol. The van der Waals surface area contributed by atoms with E-state index in [0.29, 0.717) is 37.4 Å². The number of nitrogens with zero attached hydrogens (tertiary/aromatic N) is 3. The number of oxime groups is 1. The van der Waals surface area contributed by atoms with E-state index in [1.807, 2.05) is 18.7 Å². The number of benzene rings is 1. The van der Waals surface area contributed by atoms with Crippen molar-refractivity contribution in [1.82, 2.24) is 4.57 Å². The number of aromatic carboxylic acids is 1. The lowest BCUT2D eigenvalue weighted by atomic mass is 9.88. The van der Waals surface area contributed by atoms with Gasteiger partial charge < -0.3 is 25.1 Å². The second kappa shape index (κ2) is 7.39. The molecule has 1 aromatic carbocycles. The van der Waals surface area contributed by atoms with Crippen LogP contribution in [0.3, 0.4) is 0 Å². The van der Waals surface area contributed by atoms with E-state index in [2.05, 4.69) is 5.16 Å². The summed E-state index contributed by atoms with van der Waals surface area (Å²) in [4.78, 5) is 31.2. The molecule has 160 valence electrons. The van der Waals surface area contributed by atoms with Crippen LogP contribution in [0.25, 0.3) is 10.9 Å². The van der Waals surface area contributed by atoms with E-state index in [-0.39, 0.29) is 17.0 Å². The van der Waals surface area contributed by atoms with Crippen molar-refractivity contribution in [3.63, 3.8) is 0 Å². The molecule has 8 nitrogen and oxygen atoms in total. The maximum absolute atomic E-state index is 15.1. The number of carboxylic acid groups (broad SMARTS) is 1. The highest BCUT2D eigenvalue weighted by Crippen LogP contribution is 2.39. The van der Waals surface area contributed by atoms with Gasteiger partial charge >= 0.3 is 5.97 Å². The number of rotatable bonds is 6. The Morgan fingerprint density at radius 2 is 2.17 bits per heavy atom. The number of pyridine rings is 1. The summed E-state index contributed by atoms with van der Waals surface area (Å²) in [6.45, 7) is 5.37. The summed E-state index contributed by atoms with van der Waals surface area (Å²) in [5.41, 5.74) is 6.11. The highest BCUT2D eigenvalue weighted by molar-refractivity contribution is 5.98. The van der Waals surface area contributed by atoms with Gasteiger partial charge in [-0.3, -0.25) is 4.79 Å². The summed E-state index contributed by atoms with van der Waals surface area (Å²) in [6.07, 6.45) is 3.16. The van der Waals surface area contributed by atoms with Crippen LogP contribution in [0.1, 0.15) is 43.1 Å². The second-order valence-corrected chi connectivity index (χ2v) is 8.21. The van der Waals surface area contributed by atoms with Crippen molar-refractivity contribution < 1.29 is 19.1 Å². The van der Waals surface area contributed by atoms with Gasteiger partial charge in [0.2, 0.25) is 5.43 Å². The molecule has 2 fully saturated rings. The zero-order valence-corrected chi connectivity index (χ0v) is 17.0. The van der Waals surface area contributed by atoms with Crippen LogP contribution < -0.4 is 16.1 Å². The number of hydrogen-bond donors (Lipinski definition) is 2. The lowest BCUT2D eigenvalue weighted by molar-refractivity contribution is 0.0695. The molecule has 2 aromatic rings. The Morgan fingerprint density at radius 1 is 1.43 bits per heavy atom. The van der Waals surface area contributed by atoms with Gasteiger partial charge in [0, 0.05) is 36.1 Å². The fourth-order valence-corrected chi connectivity index (χ4v) is 3.98. The highest BCUT2D eigenvalue weighted by Gasteiger charge is 2.41. The average molecular weight is 416 g/mol. The van der Waals surface area contributed by atoms with Crippen molar-refractivity contribution in [2.45, 2.75) is 32.7 Å². The van der Waals surface area contributed by atoms with E-state index in [9.17, 15) is 14.7 Å². The van der Waals surface area contributed by atoms with Gasteiger partial charge in [-0.15, -0.1) is 0 Å². The van der Waals surface area contributed by atoms with Gasteiger partial charge in [-0.25, -0.2) is 9.18 Å². The predicted octanol–water partition coefficient (Wildman–Crippen LogP) is 2.35. The van der Waals surface area contributed by atoms with E-state index in [1.165, 1.54) is 6.20 Å². The Hall–Kier alpha value is -2.94. The molecule has 1 aromatic heterocycles. The molecule has 0 radical (unpaired) electrons. The third kappa shape index (κ3) is 3.32. The average Bonchev–Trinajstić information content (AvgIpc) is 3.50. The third-order valence-electron chi connectivity index (χ3n) is 5.94. The molecule has 0 bridgehead atoms. The molecule has 4 rings (SSSR count). The number of fused-ring (bicyclic) bond motifs is 1. The molecule has 1 saturated heterocycles. The van der Waals surface area contributed by atoms with E-state index in [4.69, 9.17) is 10.6 Å². The molecular weight excluding hydrogens is 391 g/mol. The normalized spacial score (nSPS) is 22.8. The first kappa shape index (κ1) is 20.3. The van der Waals surface area contributed by atoms with E-state index in [0.717, 1.165) is 24.6 Å². The quantitative estimate of drug-likeness (QED) is 0.700. The van der Waals surface area contributed by atoms with Gasteiger partial charge in [-0.2, -0.15) is 0 Å². The largest absolute Gasteiger partial charge is 0.477 e. The number of nitrogens with two attached hydrogens (primary N) is 1. The van der Waals surface area contributed by atoms with Crippen LogP contribution in [0.15, 0.2) is 28.3 Å². The zero-order chi connectivity index (χ0) is 21.6. The van der Waals surface area contributed by atoms with E-state index < -0.39 is 22.6 Å². The standard InChI is InChI=1S/C21H25FN4O4/c1-3-30-24-18-9-25(11-21(18,2)10-23)17-7-16-13(6-15(17)22)19(27)14(20(28)29)8-26(16)12-4-5-12/h6-8,12H,3-5,9-11,23H2,1-2H3,(H,28,29)/b24-18+. The van der Waals surface area contributed by atoms with Crippen LogP contribution in [0, 0.1) is 11.2 Å². The Morgan fingerprint density at radius 3 is 2.77 bits per heavy atom. The molecule has 1 atom stereocenters. The lowest BCUT2D eigenvalue weighted by Gasteiger charge is -2.24. The van der Waals surface area contributed by atoms with Crippen LogP contribution in [0.2, 0.25) is 0 Å². The molecule has 1 aliphatic heterocycles. The summed E-state index contributed by atoms with van der Waals surface area (Å²) < 4.78 is 16.9. The first-order valence-corrected chi connectivity index (χ1v) is 10.0. The SMILES string of the molecule is CCO/N=C1\CN(c2cc3c(cc2F)c(=O)c(C(=O)O)cn3C2CC2)CC1(C)CN. The van der Waals surface area contributed by atoms with Crippen molar-refractivity contribution in [1.29, 1.82) is 0 Å². The van der Waals surface area contributed by atoms with Crippen molar-refractivity contribution in [2.75, 3.05) is 31.1 Å². The Bertz CT molecular complexity index is 1110. The minimum atomic E-state index is -1.31. The van der Waals surface area contributed by atoms with Crippen LogP contribution in [0.4, 0.5) is 10.1 Å². The molecule has 1 aliphatic carbocycles. The van der Waals surface area contributed by atoms with Gasteiger partial charge in [0.1, 0.15) is 18.0 Å². The van der Waals surface area contributed by atoms with Crippen molar-refractivity contribution in [3.05, 3.63) is 39.9 Å². The fraction of sp³-hybridized carbons (Fsp3) is 0.476. The number of halogens is 1. The molecule has 0 spiro atoms. The first-order valence-electron chi connectivity index (χ1n) is 10.0. The number of carbonyl (C=O) groups is 1. The highest BCUT2D eigenvalue weighted by atomic mass is 19.1. The first-order chi connectivity index (χ1) is 14.3. The van der Waals surface area contributed by atoms with Crippen molar-refractivity contribution in [2.24, 2.45) is 16.3 Å². The van der Waals surface area contributed by atoms with Crippen molar-refractivity contribution in [3.8, 4) is 0 Å². The maximum atomic E-state index is 15.1. The summed E-state index contributed by atoms with van der Waals surface area (Å²) in [5, 5.41) is 13.6. The minimum Gasteiger partial charge on any atom is -0.477 e. The molecule has 1 saturated carbocycles. The van der Waals surface area contributed by atoms with Gasteiger partial charge in [0.05, 0.1) is 23.5 Å². The number of carboxylic acids is 1. The number of hydrogen-bond acceptors (Lipinski definition) is 6. The van der Waals surface area contributed by atoms with Gasteiger partial charge in [0.25, 0.3) is 0 Å². The number of aromatic nitrogens is 1.